The Labute approximate surface area is 328 Å². The van der Waals surface area contributed by atoms with Gasteiger partial charge in [-0.2, -0.15) is 0 Å². The van der Waals surface area contributed by atoms with Crippen molar-refractivity contribution in [2.24, 2.45) is 0 Å². The van der Waals surface area contributed by atoms with Gasteiger partial charge in [0.05, 0.1) is 11.4 Å². The molecule has 0 unspecified atom stereocenters. The van der Waals surface area contributed by atoms with E-state index in [0.717, 1.165) is 50.9 Å². The lowest BCUT2D eigenvalue weighted by Crippen LogP contribution is -3.00. The quantitative estimate of drug-likeness (QED) is 0.225. The summed E-state index contributed by atoms with van der Waals surface area (Å²) in [5.41, 5.74) is 8.82. The second-order valence-electron chi connectivity index (χ2n) is 13.4. The average molecular weight is 829 g/mol. The lowest BCUT2D eigenvalue weighted by Gasteiger charge is -2.06. The summed E-state index contributed by atoms with van der Waals surface area (Å²) in [6.45, 7) is 5.60. The van der Waals surface area contributed by atoms with Gasteiger partial charge in [0.2, 0.25) is 12.7 Å². The maximum absolute atomic E-state index is 13.8. The molecule has 0 atom stereocenters. The van der Waals surface area contributed by atoms with E-state index < -0.39 is 0 Å². The summed E-state index contributed by atoms with van der Waals surface area (Å²) in [6, 6.07) is 33.8. The van der Waals surface area contributed by atoms with Gasteiger partial charge in [-0.1, -0.05) is 54.6 Å². The number of pyridine rings is 1. The molecular weight excluding hydrogens is 792 g/mol. The van der Waals surface area contributed by atoms with Gasteiger partial charge in [0.15, 0.2) is 11.6 Å². The molecule has 8 aromatic rings. The molecule has 0 fully saturated rings. The smallest absolute Gasteiger partial charge is 0.244 e. The summed E-state index contributed by atoms with van der Waals surface area (Å²) in [5.74, 6) is -0.0554. The number of benzene rings is 4. The number of hydrogen-bond donors (Lipinski definition) is 0. The van der Waals surface area contributed by atoms with Crippen LogP contribution in [-0.4, -0.2) is 30.3 Å². The van der Waals surface area contributed by atoms with E-state index in [4.69, 9.17) is 4.98 Å². The maximum atomic E-state index is 13.8. The molecule has 14 bridgehead atoms. The second-order valence-corrected chi connectivity index (χ2v) is 13.4. The number of aromatic nitrogens is 6. The molecule has 0 aliphatic carbocycles. The molecule has 4 aromatic carbocycles. The van der Waals surface area contributed by atoms with Gasteiger partial charge >= 0.3 is 0 Å². The summed E-state index contributed by atoms with van der Waals surface area (Å²) < 4.78 is 10.8. The molecule has 8 nitrogen and oxygen atoms in total. The average Bonchev–Trinajstić information content (AvgIpc) is 3.88. The van der Waals surface area contributed by atoms with Crippen LogP contribution in [0.15, 0.2) is 141 Å². The van der Waals surface area contributed by atoms with Crippen molar-refractivity contribution in [2.45, 2.75) is 39.6 Å². The molecule has 3 aliphatic heterocycles. The van der Waals surface area contributed by atoms with Crippen LogP contribution in [0, 0.1) is 0 Å². The van der Waals surface area contributed by atoms with Gasteiger partial charge in [0, 0.05) is 50.6 Å². The molecule has 53 heavy (non-hydrogen) atoms. The molecule has 0 radical (unpaired) electrons. The van der Waals surface area contributed by atoms with Gasteiger partial charge in [-0.25, -0.2) is 23.3 Å². The molecule has 0 spiro atoms. The Hall–Kier alpha value is -5.45. The van der Waals surface area contributed by atoms with Gasteiger partial charge < -0.3 is 38.5 Å². The Morgan fingerprint density at radius 2 is 1.02 bits per heavy atom. The molecule has 0 saturated carbocycles. The number of carbonyl (C=O) groups excluding carboxylic acids is 2. The predicted molar refractivity (Wildman–Crippen MR) is 195 cm³/mol. The van der Waals surface area contributed by atoms with Crippen molar-refractivity contribution in [3.8, 4) is 0 Å². The molecule has 0 amide bonds. The van der Waals surface area contributed by atoms with Gasteiger partial charge in [-0.15, -0.1) is 0 Å². The van der Waals surface area contributed by atoms with Crippen molar-refractivity contribution in [2.75, 3.05) is 0 Å². The molecule has 11 rings (SSSR count). The highest BCUT2D eigenvalue weighted by Gasteiger charge is 2.18. The number of halogens is 2. The lowest BCUT2D eigenvalue weighted by molar-refractivity contribution is -0.688. The lowest BCUT2D eigenvalue weighted by atomic mass is 9.98. The molecule has 10 heteroatoms. The summed E-state index contributed by atoms with van der Waals surface area (Å²) in [7, 11) is 0. The first-order valence-electron chi connectivity index (χ1n) is 17.4. The number of carbonyl (C=O) groups is 2. The fraction of sp³-hybridized carbons (Fsp3) is 0.140. The van der Waals surface area contributed by atoms with Crippen molar-refractivity contribution >= 4 is 33.4 Å². The minimum Gasteiger partial charge on any atom is -1.00 e. The molecule has 7 heterocycles. The summed E-state index contributed by atoms with van der Waals surface area (Å²) in [6.07, 6.45) is 12.4. The zero-order chi connectivity index (χ0) is 34.5. The summed E-state index contributed by atoms with van der Waals surface area (Å²) in [5, 5.41) is 1.93. The highest BCUT2D eigenvalue weighted by atomic mass is 79.9. The number of hydrogen-bond acceptors (Lipinski definition) is 3. The van der Waals surface area contributed by atoms with E-state index in [-0.39, 0.29) is 45.5 Å². The van der Waals surface area contributed by atoms with Gasteiger partial charge in [-0.05, 0) is 66.6 Å². The highest BCUT2D eigenvalue weighted by molar-refractivity contribution is 6.17. The normalized spacial score (nSPS) is 12.9. The van der Waals surface area contributed by atoms with Crippen LogP contribution >= 0.6 is 0 Å². The van der Waals surface area contributed by atoms with E-state index in [1.54, 1.807) is 0 Å². The highest BCUT2D eigenvalue weighted by Crippen LogP contribution is 2.32. The van der Waals surface area contributed by atoms with E-state index in [1.165, 1.54) is 0 Å². The predicted octanol–water partition coefficient (Wildman–Crippen LogP) is 0.364. The Kier molecular flexibility index (Phi) is 10.1. The Bertz CT molecular complexity index is 2440. The van der Waals surface area contributed by atoms with Crippen molar-refractivity contribution in [1.82, 2.24) is 18.7 Å². The van der Waals surface area contributed by atoms with Gasteiger partial charge in [0.1, 0.15) is 51.0 Å². The number of nitrogens with zero attached hydrogens (tertiary/aromatic N) is 6. The zero-order valence-electron chi connectivity index (χ0n) is 29.1. The van der Waals surface area contributed by atoms with E-state index in [1.807, 2.05) is 84.9 Å². The third-order valence-corrected chi connectivity index (χ3v) is 9.91. The van der Waals surface area contributed by atoms with Crippen LogP contribution in [0.1, 0.15) is 61.3 Å². The van der Waals surface area contributed by atoms with Crippen LogP contribution in [0.2, 0.25) is 0 Å². The number of ketones is 2. The third kappa shape index (κ3) is 7.04. The van der Waals surface area contributed by atoms with E-state index in [0.29, 0.717) is 48.4 Å². The summed E-state index contributed by atoms with van der Waals surface area (Å²) >= 11 is 0. The van der Waals surface area contributed by atoms with E-state index in [9.17, 15) is 9.59 Å². The first-order valence-corrected chi connectivity index (χ1v) is 17.4. The van der Waals surface area contributed by atoms with Crippen LogP contribution in [0.3, 0.4) is 0 Å². The minimum absolute atomic E-state index is 0. The van der Waals surface area contributed by atoms with Crippen molar-refractivity contribution in [3.63, 3.8) is 0 Å². The fourth-order valence-corrected chi connectivity index (χ4v) is 7.34. The van der Waals surface area contributed by atoms with Crippen LogP contribution in [0.5, 0.6) is 0 Å². The second kappa shape index (κ2) is 14.9. The third-order valence-electron chi connectivity index (χ3n) is 9.91. The molecular formula is C43H36Br2N6O2. The van der Waals surface area contributed by atoms with Gasteiger partial charge in [0.25, 0.3) is 0 Å². The standard InChI is InChI=1S/C43H36N6O2.2BrH/c1-2-49-40-16-14-34-22-38(40)39-23-35(15-17-41(39)49)43(51)33-12-8-31(9-13-33)25-46-19-21-48(29-46)27-37-5-3-4-36(44-37)26-47-20-18-45(28-47)24-30-6-10-32(11-7-30)42(34)50;;/h3-23,28-29H,2,24-27H2,1H3;2*1H/q+2;;/p-2. The van der Waals surface area contributed by atoms with Crippen LogP contribution in [-0.2, 0) is 32.7 Å². The molecule has 0 saturated heterocycles. The summed E-state index contributed by atoms with van der Waals surface area (Å²) in [4.78, 5) is 32.5. The number of rotatable bonds is 1. The van der Waals surface area contributed by atoms with E-state index >= 15 is 0 Å². The molecule has 0 N–H and O–H groups in total. The van der Waals surface area contributed by atoms with E-state index in [2.05, 4.69) is 85.4 Å². The topological polar surface area (TPSA) is 69.6 Å². The minimum atomic E-state index is -0.0277. The fourth-order valence-electron chi connectivity index (χ4n) is 7.34. The van der Waals surface area contributed by atoms with Crippen LogP contribution in [0.4, 0.5) is 0 Å². The number of fused-ring (bicyclic) bond motifs is 2. The SMILES string of the molecule is CCn1c2ccc3cc2c2cc(ccc21)C(=O)c1ccc(cc1)C[n+]1ccn(c1)Cc1cccc(n1)Cn1cc[n+](c1)Cc1ccc(cc1)C3=O.[Br-].[Br-]. The Morgan fingerprint density at radius 1 is 0.585 bits per heavy atom. The van der Waals surface area contributed by atoms with Crippen molar-refractivity contribution in [3.05, 3.63) is 185 Å². The molecule has 3 aliphatic rings. The first kappa shape index (κ1) is 35.9. The Balaban J connectivity index is 0.00000218. The molecule has 4 aromatic heterocycles. The molecule has 264 valence electrons. The van der Waals surface area contributed by atoms with Crippen molar-refractivity contribution < 1.29 is 52.7 Å². The first-order chi connectivity index (χ1) is 25.0. The van der Waals surface area contributed by atoms with Crippen LogP contribution in [0.25, 0.3) is 21.8 Å². The van der Waals surface area contributed by atoms with Crippen molar-refractivity contribution in [1.29, 1.82) is 0 Å². The maximum Gasteiger partial charge on any atom is 0.244 e. The number of aryl methyl sites for hydroxylation is 1. The number of imidazole rings is 2. The monoisotopic (exact) mass is 826 g/mol. The largest absolute Gasteiger partial charge is 1.00 e. The van der Waals surface area contributed by atoms with Crippen LogP contribution < -0.4 is 43.1 Å². The van der Waals surface area contributed by atoms with Gasteiger partial charge in [-0.3, -0.25) is 9.59 Å². The zero-order valence-corrected chi connectivity index (χ0v) is 32.2. The Morgan fingerprint density at radius 3 is 1.45 bits per heavy atom.